The summed E-state index contributed by atoms with van der Waals surface area (Å²) in [5, 5.41) is 11.7. The maximum absolute atomic E-state index is 12.1. The molecule has 1 aromatic rings. The SMILES string of the molecule is COc1ccc(C(=O)NCC2CCC2)cc1C#CCCO. The van der Waals surface area contributed by atoms with Crippen molar-refractivity contribution < 1.29 is 14.6 Å². The topological polar surface area (TPSA) is 58.6 Å². The van der Waals surface area contributed by atoms with Gasteiger partial charge in [-0.2, -0.15) is 0 Å². The average Bonchev–Trinajstić information content (AvgIpc) is 2.45. The van der Waals surface area contributed by atoms with Gasteiger partial charge in [-0.1, -0.05) is 18.3 Å². The fourth-order valence-corrected chi connectivity index (χ4v) is 2.20. The first-order chi connectivity index (χ1) is 10.2. The van der Waals surface area contributed by atoms with Crippen LogP contribution in [0.15, 0.2) is 18.2 Å². The highest BCUT2D eigenvalue weighted by atomic mass is 16.5. The molecule has 4 heteroatoms. The maximum atomic E-state index is 12.1. The lowest BCUT2D eigenvalue weighted by Crippen LogP contribution is -2.32. The summed E-state index contributed by atoms with van der Waals surface area (Å²) in [7, 11) is 1.57. The first-order valence-electron chi connectivity index (χ1n) is 7.30. The molecule has 1 fully saturated rings. The van der Waals surface area contributed by atoms with E-state index in [1.165, 1.54) is 19.3 Å². The van der Waals surface area contributed by atoms with Crippen LogP contribution in [0.2, 0.25) is 0 Å². The van der Waals surface area contributed by atoms with Gasteiger partial charge in [-0.05, 0) is 37.0 Å². The Balaban J connectivity index is 2.06. The first kappa shape index (κ1) is 15.4. The summed E-state index contributed by atoms with van der Waals surface area (Å²) >= 11 is 0. The molecule has 0 bridgehead atoms. The molecule has 1 aromatic carbocycles. The summed E-state index contributed by atoms with van der Waals surface area (Å²) in [6.07, 6.45) is 4.09. The quantitative estimate of drug-likeness (QED) is 0.814. The molecule has 0 unspecified atom stereocenters. The van der Waals surface area contributed by atoms with Gasteiger partial charge < -0.3 is 15.2 Å². The largest absolute Gasteiger partial charge is 0.495 e. The molecule has 1 saturated carbocycles. The summed E-state index contributed by atoms with van der Waals surface area (Å²) in [6, 6.07) is 5.23. The van der Waals surface area contributed by atoms with Gasteiger partial charge in [-0.25, -0.2) is 0 Å². The highest BCUT2D eigenvalue weighted by Gasteiger charge is 2.18. The Morgan fingerprint density at radius 3 is 2.90 bits per heavy atom. The second kappa shape index (κ2) is 7.70. The summed E-state index contributed by atoms with van der Waals surface area (Å²) in [5.74, 6) is 6.98. The van der Waals surface area contributed by atoms with Crippen LogP contribution in [0.5, 0.6) is 5.75 Å². The molecule has 2 N–H and O–H groups in total. The third kappa shape index (κ3) is 4.24. The molecule has 1 aliphatic carbocycles. The Morgan fingerprint density at radius 2 is 2.29 bits per heavy atom. The minimum absolute atomic E-state index is 0.0247. The highest BCUT2D eigenvalue weighted by molar-refractivity contribution is 5.94. The zero-order chi connectivity index (χ0) is 15.1. The summed E-state index contributed by atoms with van der Waals surface area (Å²) in [6.45, 7) is 0.771. The van der Waals surface area contributed by atoms with Crippen molar-refractivity contribution >= 4 is 5.91 Å². The molecule has 0 radical (unpaired) electrons. The Morgan fingerprint density at radius 1 is 1.48 bits per heavy atom. The molecular weight excluding hydrogens is 266 g/mol. The molecule has 21 heavy (non-hydrogen) atoms. The zero-order valence-corrected chi connectivity index (χ0v) is 12.3. The monoisotopic (exact) mass is 287 g/mol. The minimum atomic E-state index is -0.0743. The second-order valence-electron chi connectivity index (χ2n) is 5.20. The second-order valence-corrected chi connectivity index (χ2v) is 5.20. The summed E-state index contributed by atoms with van der Waals surface area (Å²) in [4.78, 5) is 12.1. The fraction of sp³-hybridized carbons (Fsp3) is 0.471. The van der Waals surface area contributed by atoms with E-state index in [0.29, 0.717) is 29.2 Å². The predicted octanol–water partition coefficient (Wildman–Crippen LogP) is 1.96. The summed E-state index contributed by atoms with van der Waals surface area (Å²) in [5.41, 5.74) is 1.26. The third-order valence-corrected chi connectivity index (χ3v) is 3.70. The van der Waals surface area contributed by atoms with Gasteiger partial charge in [-0.3, -0.25) is 4.79 Å². The number of rotatable bonds is 5. The normalized spacial score (nSPS) is 13.8. The first-order valence-corrected chi connectivity index (χ1v) is 7.30. The van der Waals surface area contributed by atoms with Gasteiger partial charge in [-0.15, -0.1) is 0 Å². The van der Waals surface area contributed by atoms with Crippen molar-refractivity contribution in [3.05, 3.63) is 29.3 Å². The molecule has 0 spiro atoms. The average molecular weight is 287 g/mol. The lowest BCUT2D eigenvalue weighted by atomic mass is 9.85. The van der Waals surface area contributed by atoms with E-state index in [4.69, 9.17) is 9.84 Å². The van der Waals surface area contributed by atoms with E-state index >= 15 is 0 Å². The lowest BCUT2D eigenvalue weighted by molar-refractivity contribution is 0.0939. The third-order valence-electron chi connectivity index (χ3n) is 3.70. The fourth-order valence-electron chi connectivity index (χ4n) is 2.20. The number of ether oxygens (including phenoxy) is 1. The van der Waals surface area contributed by atoms with Crippen molar-refractivity contribution in [2.75, 3.05) is 20.3 Å². The smallest absolute Gasteiger partial charge is 0.251 e. The molecule has 1 aliphatic rings. The number of hydrogen-bond donors (Lipinski definition) is 2. The Kier molecular flexibility index (Phi) is 5.65. The summed E-state index contributed by atoms with van der Waals surface area (Å²) < 4.78 is 5.24. The minimum Gasteiger partial charge on any atom is -0.495 e. The Labute approximate surface area is 125 Å². The predicted molar refractivity (Wildman–Crippen MR) is 81.2 cm³/mol. The van der Waals surface area contributed by atoms with E-state index in [0.717, 1.165) is 6.54 Å². The molecule has 1 amide bonds. The molecule has 0 heterocycles. The standard InChI is InChI=1S/C17H21NO3/c1-21-16-9-8-15(11-14(16)7-2-3-10-19)17(20)18-12-13-5-4-6-13/h8-9,11,13,19H,3-6,10,12H2,1H3,(H,18,20). The van der Waals surface area contributed by atoms with Gasteiger partial charge in [0, 0.05) is 18.5 Å². The van der Waals surface area contributed by atoms with Crippen LogP contribution in [0.25, 0.3) is 0 Å². The van der Waals surface area contributed by atoms with Crippen molar-refractivity contribution in [1.29, 1.82) is 0 Å². The number of nitrogens with one attached hydrogen (secondary N) is 1. The van der Waals surface area contributed by atoms with Crippen molar-refractivity contribution in [2.24, 2.45) is 5.92 Å². The van der Waals surface area contributed by atoms with E-state index in [9.17, 15) is 4.79 Å². The molecule has 112 valence electrons. The van der Waals surface area contributed by atoms with Gasteiger partial charge in [0.1, 0.15) is 5.75 Å². The van der Waals surface area contributed by atoms with E-state index < -0.39 is 0 Å². The number of carbonyl (C=O) groups excluding carboxylic acids is 1. The van der Waals surface area contributed by atoms with Crippen LogP contribution < -0.4 is 10.1 Å². The number of aliphatic hydroxyl groups is 1. The van der Waals surface area contributed by atoms with E-state index in [1.54, 1.807) is 25.3 Å². The molecule has 0 aliphatic heterocycles. The maximum Gasteiger partial charge on any atom is 0.251 e. The van der Waals surface area contributed by atoms with Crippen LogP contribution >= 0.6 is 0 Å². The van der Waals surface area contributed by atoms with E-state index in [1.807, 2.05) is 0 Å². The highest BCUT2D eigenvalue weighted by Crippen LogP contribution is 2.25. The molecule has 2 rings (SSSR count). The van der Waals surface area contributed by atoms with Gasteiger partial charge in [0.05, 0.1) is 19.3 Å². The Hall–Kier alpha value is -1.99. The number of benzene rings is 1. The van der Waals surface area contributed by atoms with E-state index in [2.05, 4.69) is 17.2 Å². The molecule has 0 atom stereocenters. The van der Waals surface area contributed by atoms with Gasteiger partial charge in [0.25, 0.3) is 5.91 Å². The number of hydrogen-bond acceptors (Lipinski definition) is 3. The van der Waals surface area contributed by atoms with Crippen LogP contribution in [-0.2, 0) is 0 Å². The van der Waals surface area contributed by atoms with Crippen molar-refractivity contribution in [3.8, 4) is 17.6 Å². The molecule has 0 aromatic heterocycles. The molecule has 0 saturated heterocycles. The number of amides is 1. The van der Waals surface area contributed by atoms with Crippen LogP contribution in [0, 0.1) is 17.8 Å². The van der Waals surface area contributed by atoms with Crippen molar-refractivity contribution in [1.82, 2.24) is 5.32 Å². The van der Waals surface area contributed by atoms with Gasteiger partial charge in [0.2, 0.25) is 0 Å². The molecule has 4 nitrogen and oxygen atoms in total. The lowest BCUT2D eigenvalue weighted by Gasteiger charge is -2.25. The molecular formula is C17H21NO3. The number of methoxy groups -OCH3 is 1. The van der Waals surface area contributed by atoms with Gasteiger partial charge in [0.15, 0.2) is 0 Å². The van der Waals surface area contributed by atoms with Gasteiger partial charge >= 0.3 is 0 Å². The van der Waals surface area contributed by atoms with Crippen molar-refractivity contribution in [3.63, 3.8) is 0 Å². The Bertz CT molecular complexity index is 553. The van der Waals surface area contributed by atoms with E-state index in [-0.39, 0.29) is 12.5 Å². The van der Waals surface area contributed by atoms with Crippen LogP contribution in [0.4, 0.5) is 0 Å². The zero-order valence-electron chi connectivity index (χ0n) is 12.3. The number of aliphatic hydroxyl groups excluding tert-OH is 1. The van der Waals surface area contributed by atoms with Crippen LogP contribution in [0.3, 0.4) is 0 Å². The van der Waals surface area contributed by atoms with Crippen molar-refractivity contribution in [2.45, 2.75) is 25.7 Å². The van der Waals surface area contributed by atoms with Crippen LogP contribution in [-0.4, -0.2) is 31.3 Å². The van der Waals surface area contributed by atoms with Crippen LogP contribution in [0.1, 0.15) is 41.6 Å². The number of carbonyl (C=O) groups is 1.